The van der Waals surface area contributed by atoms with Crippen molar-refractivity contribution in [3.05, 3.63) is 29.8 Å². The Balaban J connectivity index is 1.84. The second-order valence-electron chi connectivity index (χ2n) is 4.91. The van der Waals surface area contributed by atoms with Crippen molar-refractivity contribution in [1.29, 1.82) is 0 Å². The number of aliphatic imine (C=N–C) groups is 1. The van der Waals surface area contributed by atoms with E-state index in [1.54, 1.807) is 0 Å². The maximum Gasteiger partial charge on any atom is 0.191 e. The van der Waals surface area contributed by atoms with Crippen molar-refractivity contribution in [3.63, 3.8) is 0 Å². The smallest absolute Gasteiger partial charge is 0.191 e. The van der Waals surface area contributed by atoms with Gasteiger partial charge in [-0.2, -0.15) is 0 Å². The van der Waals surface area contributed by atoms with Crippen molar-refractivity contribution in [2.24, 2.45) is 10.7 Å². The van der Waals surface area contributed by atoms with Crippen molar-refractivity contribution >= 4 is 5.96 Å². The predicted molar refractivity (Wildman–Crippen MR) is 78.6 cm³/mol. The fraction of sp³-hybridized carbons (Fsp3) is 0.533. The van der Waals surface area contributed by atoms with Crippen LogP contribution in [0.15, 0.2) is 29.3 Å². The van der Waals surface area contributed by atoms with Crippen LogP contribution < -0.4 is 10.5 Å². The Hall–Kier alpha value is -1.71. The lowest BCUT2D eigenvalue weighted by Gasteiger charge is -2.16. The van der Waals surface area contributed by atoms with Gasteiger partial charge < -0.3 is 15.4 Å². The van der Waals surface area contributed by atoms with Crippen LogP contribution in [0.5, 0.6) is 5.75 Å². The molecule has 0 bridgehead atoms. The molecule has 0 amide bonds. The molecular formula is C15H23N3O. The van der Waals surface area contributed by atoms with E-state index < -0.39 is 0 Å². The zero-order chi connectivity index (χ0) is 13.7. The predicted octanol–water partition coefficient (Wildman–Crippen LogP) is 2.04. The first-order chi connectivity index (χ1) is 9.20. The van der Waals surface area contributed by atoms with Crippen LogP contribution in [0.2, 0.25) is 0 Å². The van der Waals surface area contributed by atoms with Crippen LogP contribution >= 0.6 is 0 Å². The molecule has 4 nitrogen and oxygen atoms in total. The van der Waals surface area contributed by atoms with Crippen LogP contribution in [0.25, 0.3) is 0 Å². The van der Waals surface area contributed by atoms with Gasteiger partial charge in [0.2, 0.25) is 0 Å². The minimum atomic E-state index is 0.616. The molecule has 4 heteroatoms. The molecule has 0 aromatic heterocycles. The molecule has 0 radical (unpaired) electrons. The number of benzene rings is 1. The lowest BCUT2D eigenvalue weighted by Crippen LogP contribution is -2.35. The normalized spacial score (nSPS) is 15.4. The molecule has 19 heavy (non-hydrogen) atoms. The summed E-state index contributed by atoms with van der Waals surface area (Å²) >= 11 is 0. The minimum Gasteiger partial charge on any atom is -0.494 e. The third-order valence-corrected chi connectivity index (χ3v) is 3.34. The van der Waals surface area contributed by atoms with E-state index in [1.165, 1.54) is 18.4 Å². The first kappa shape index (κ1) is 13.7. The molecule has 0 spiro atoms. The summed E-state index contributed by atoms with van der Waals surface area (Å²) in [5, 5.41) is 0. The average molecular weight is 261 g/mol. The lowest BCUT2D eigenvalue weighted by atomic mass is 10.1. The molecule has 104 valence electrons. The Bertz CT molecular complexity index is 441. The second-order valence-corrected chi connectivity index (χ2v) is 4.91. The number of nitrogens with two attached hydrogens (primary N) is 1. The summed E-state index contributed by atoms with van der Waals surface area (Å²) in [5.41, 5.74) is 7.18. The van der Waals surface area contributed by atoms with Gasteiger partial charge in [-0.1, -0.05) is 12.1 Å². The lowest BCUT2D eigenvalue weighted by molar-refractivity contribution is 0.340. The van der Waals surface area contributed by atoms with E-state index in [2.05, 4.69) is 22.0 Å². The van der Waals surface area contributed by atoms with Crippen LogP contribution in [0.4, 0.5) is 0 Å². The summed E-state index contributed by atoms with van der Waals surface area (Å²) in [6.07, 6.45) is 3.37. The Kier molecular flexibility index (Phi) is 4.66. The molecule has 1 fully saturated rings. The third-order valence-electron chi connectivity index (χ3n) is 3.34. The SMILES string of the molecule is CCOc1cccc(CCN=C(N)N(C)C2CC2)c1. The Morgan fingerprint density at radius 3 is 2.95 bits per heavy atom. The van der Waals surface area contributed by atoms with Crippen LogP contribution in [0.1, 0.15) is 25.3 Å². The van der Waals surface area contributed by atoms with Crippen molar-refractivity contribution in [1.82, 2.24) is 4.90 Å². The second kappa shape index (κ2) is 6.45. The first-order valence-electron chi connectivity index (χ1n) is 6.95. The van der Waals surface area contributed by atoms with Gasteiger partial charge in [0.15, 0.2) is 5.96 Å². The van der Waals surface area contributed by atoms with Gasteiger partial charge in [-0.15, -0.1) is 0 Å². The number of rotatable bonds is 6. The highest BCUT2D eigenvalue weighted by Gasteiger charge is 2.27. The fourth-order valence-corrected chi connectivity index (χ4v) is 2.02. The maximum absolute atomic E-state index is 5.95. The van der Waals surface area contributed by atoms with E-state index in [9.17, 15) is 0 Å². The Morgan fingerprint density at radius 2 is 2.26 bits per heavy atom. The molecule has 1 aliphatic carbocycles. The summed E-state index contributed by atoms with van der Waals surface area (Å²) < 4.78 is 5.48. The van der Waals surface area contributed by atoms with Gasteiger partial charge in [0, 0.05) is 19.6 Å². The highest BCUT2D eigenvalue weighted by atomic mass is 16.5. The molecule has 0 saturated heterocycles. The molecule has 2 rings (SSSR count). The number of hydrogen-bond donors (Lipinski definition) is 1. The zero-order valence-corrected chi connectivity index (χ0v) is 11.8. The Morgan fingerprint density at radius 1 is 1.47 bits per heavy atom. The molecular weight excluding hydrogens is 238 g/mol. The zero-order valence-electron chi connectivity index (χ0n) is 11.8. The van der Waals surface area contributed by atoms with Crippen LogP contribution in [0.3, 0.4) is 0 Å². The van der Waals surface area contributed by atoms with Crippen LogP contribution in [0, 0.1) is 0 Å². The highest BCUT2D eigenvalue weighted by molar-refractivity contribution is 5.78. The third kappa shape index (κ3) is 4.16. The fourth-order valence-electron chi connectivity index (χ4n) is 2.02. The van der Waals surface area contributed by atoms with Gasteiger partial charge in [0.05, 0.1) is 6.61 Å². The standard InChI is InChI=1S/C15H23N3O/c1-3-19-14-6-4-5-12(11-14)9-10-17-15(16)18(2)13-7-8-13/h4-6,11,13H,3,7-10H2,1-2H3,(H2,16,17). The maximum atomic E-state index is 5.95. The molecule has 2 N–H and O–H groups in total. The quantitative estimate of drug-likeness (QED) is 0.630. The summed E-state index contributed by atoms with van der Waals surface area (Å²) in [7, 11) is 2.02. The summed E-state index contributed by atoms with van der Waals surface area (Å²) in [5.74, 6) is 1.58. The average Bonchev–Trinajstić information content (AvgIpc) is 3.23. The highest BCUT2D eigenvalue weighted by Crippen LogP contribution is 2.24. The number of hydrogen-bond acceptors (Lipinski definition) is 2. The molecule has 1 aliphatic rings. The first-order valence-corrected chi connectivity index (χ1v) is 6.95. The van der Waals surface area contributed by atoms with Crippen molar-refractivity contribution < 1.29 is 4.74 Å². The van der Waals surface area contributed by atoms with Crippen molar-refractivity contribution in [2.75, 3.05) is 20.2 Å². The number of nitrogens with zero attached hydrogens (tertiary/aromatic N) is 2. The molecule has 0 unspecified atom stereocenters. The molecule has 1 aromatic rings. The monoisotopic (exact) mass is 261 g/mol. The molecule has 0 heterocycles. The van der Waals surface area contributed by atoms with E-state index in [0.29, 0.717) is 18.6 Å². The van der Waals surface area contributed by atoms with Gasteiger partial charge in [-0.3, -0.25) is 4.99 Å². The van der Waals surface area contributed by atoms with E-state index >= 15 is 0 Å². The molecule has 0 aliphatic heterocycles. The van der Waals surface area contributed by atoms with Gasteiger partial charge >= 0.3 is 0 Å². The topological polar surface area (TPSA) is 50.9 Å². The molecule has 1 saturated carbocycles. The van der Waals surface area contributed by atoms with E-state index in [4.69, 9.17) is 10.5 Å². The number of guanidine groups is 1. The van der Waals surface area contributed by atoms with Crippen LogP contribution in [-0.4, -0.2) is 37.1 Å². The minimum absolute atomic E-state index is 0.616. The van der Waals surface area contributed by atoms with E-state index in [0.717, 1.165) is 18.7 Å². The molecule has 1 aromatic carbocycles. The van der Waals surface area contributed by atoms with Gasteiger partial charge in [0.1, 0.15) is 5.75 Å². The van der Waals surface area contributed by atoms with Crippen LogP contribution in [-0.2, 0) is 6.42 Å². The van der Waals surface area contributed by atoms with Gasteiger partial charge in [-0.25, -0.2) is 0 Å². The van der Waals surface area contributed by atoms with E-state index in [1.807, 2.05) is 26.1 Å². The largest absolute Gasteiger partial charge is 0.494 e. The molecule has 0 atom stereocenters. The summed E-state index contributed by atoms with van der Waals surface area (Å²) in [4.78, 5) is 6.52. The summed E-state index contributed by atoms with van der Waals surface area (Å²) in [6, 6.07) is 8.78. The van der Waals surface area contributed by atoms with E-state index in [-0.39, 0.29) is 0 Å². The van der Waals surface area contributed by atoms with Crippen molar-refractivity contribution in [2.45, 2.75) is 32.2 Å². The van der Waals surface area contributed by atoms with Gasteiger partial charge in [0.25, 0.3) is 0 Å². The Labute approximate surface area is 115 Å². The van der Waals surface area contributed by atoms with Gasteiger partial charge in [-0.05, 0) is 43.9 Å². The van der Waals surface area contributed by atoms with Crippen molar-refractivity contribution in [3.8, 4) is 5.75 Å². The summed E-state index contributed by atoms with van der Waals surface area (Å²) in [6.45, 7) is 3.41. The number of ether oxygens (including phenoxy) is 1.